The number of nitrogens with zero attached hydrogens (tertiary/aromatic N) is 6. The number of rotatable bonds is 7. The van der Waals surface area contributed by atoms with Crippen LogP contribution >= 0.6 is 0 Å². The first kappa shape index (κ1) is 26.6. The molecule has 8 nitrogen and oxygen atoms in total. The van der Waals surface area contributed by atoms with E-state index >= 15 is 0 Å². The summed E-state index contributed by atoms with van der Waals surface area (Å²) in [5.74, 6) is 2.15. The Hall–Kier alpha value is -3.57. The maximum Gasteiger partial charge on any atom is 0.274 e. The second-order valence-corrected chi connectivity index (χ2v) is 12.5. The number of carbonyl (C=O) groups excluding carboxylic acids is 1. The van der Waals surface area contributed by atoms with Crippen molar-refractivity contribution < 1.29 is 4.79 Å². The molecule has 2 aromatic heterocycles. The monoisotopic (exact) mass is 537 g/mol. The van der Waals surface area contributed by atoms with E-state index in [4.69, 9.17) is 4.98 Å². The lowest BCUT2D eigenvalue weighted by Gasteiger charge is -2.46. The lowest BCUT2D eigenvalue weighted by Crippen LogP contribution is -2.44. The first-order chi connectivity index (χ1) is 19.4. The number of likely N-dealkylation sites (tertiary alicyclic amines) is 1. The van der Waals surface area contributed by atoms with Crippen molar-refractivity contribution in [1.29, 1.82) is 5.26 Å². The number of fused-ring (bicyclic) bond motifs is 1. The fourth-order valence-corrected chi connectivity index (χ4v) is 7.32. The third-order valence-electron chi connectivity index (χ3n) is 9.38. The minimum atomic E-state index is -0.312. The fraction of sp³-hybridized carbons (Fsp3) is 0.531. The number of benzene rings is 1. The summed E-state index contributed by atoms with van der Waals surface area (Å²) in [5, 5.41) is 21.0. The summed E-state index contributed by atoms with van der Waals surface area (Å²) in [6, 6.07) is 12.4. The molecule has 2 aliphatic carbocycles. The van der Waals surface area contributed by atoms with Gasteiger partial charge < -0.3 is 9.88 Å². The molecule has 0 radical (unpaired) electrons. The summed E-state index contributed by atoms with van der Waals surface area (Å²) < 4.78 is 1.97. The van der Waals surface area contributed by atoms with Crippen molar-refractivity contribution in [3.63, 3.8) is 0 Å². The highest BCUT2D eigenvalue weighted by Crippen LogP contribution is 2.53. The smallest absolute Gasteiger partial charge is 0.274 e. The molecule has 3 aliphatic rings. The van der Waals surface area contributed by atoms with E-state index in [1.807, 2.05) is 29.8 Å². The number of nitriles is 1. The van der Waals surface area contributed by atoms with Crippen molar-refractivity contribution in [2.75, 3.05) is 18.4 Å². The number of anilines is 1. The van der Waals surface area contributed by atoms with Crippen LogP contribution in [0.4, 0.5) is 5.69 Å². The van der Waals surface area contributed by atoms with E-state index in [1.165, 1.54) is 24.0 Å². The molecule has 1 amide bonds. The number of aromatic nitrogens is 4. The average molecular weight is 538 g/mol. The van der Waals surface area contributed by atoms with Crippen LogP contribution in [0.1, 0.15) is 97.0 Å². The zero-order chi connectivity index (χ0) is 27.9. The zero-order valence-electron chi connectivity index (χ0n) is 23.9. The second kappa shape index (κ2) is 10.8. The SMILES string of the molecule is C[C@H]1CCCN(Cc2cc(C(=O)Nc3cccc(C4(c5nncn5C)CC(CC#N)C4)c3)nc3c2CC[C@H]3C)C1. The number of piperidine rings is 1. The molecule has 208 valence electrons. The van der Waals surface area contributed by atoms with E-state index in [0.29, 0.717) is 29.9 Å². The van der Waals surface area contributed by atoms with Crippen LogP contribution in [0.5, 0.6) is 0 Å². The van der Waals surface area contributed by atoms with Crippen molar-refractivity contribution in [3.8, 4) is 6.07 Å². The van der Waals surface area contributed by atoms with E-state index in [2.05, 4.69) is 52.5 Å². The Labute approximate surface area is 236 Å². The second-order valence-electron chi connectivity index (χ2n) is 12.5. The summed E-state index contributed by atoms with van der Waals surface area (Å²) in [6.07, 6.45) is 8.62. The third kappa shape index (κ3) is 4.92. The van der Waals surface area contributed by atoms with Crippen molar-refractivity contribution >= 4 is 11.6 Å². The molecule has 0 spiro atoms. The van der Waals surface area contributed by atoms with Crippen LogP contribution in [0.15, 0.2) is 36.7 Å². The van der Waals surface area contributed by atoms with Crippen LogP contribution in [0, 0.1) is 23.2 Å². The molecule has 6 rings (SSSR count). The summed E-state index contributed by atoms with van der Waals surface area (Å²) in [4.78, 5) is 21.1. The molecular formula is C32H39N7O. The first-order valence-electron chi connectivity index (χ1n) is 14.7. The lowest BCUT2D eigenvalue weighted by molar-refractivity contribution is 0.102. The van der Waals surface area contributed by atoms with Gasteiger partial charge in [0.2, 0.25) is 0 Å². The Morgan fingerprint density at radius 3 is 2.83 bits per heavy atom. The Morgan fingerprint density at radius 1 is 1.23 bits per heavy atom. The van der Waals surface area contributed by atoms with Crippen LogP contribution in [0.3, 0.4) is 0 Å². The summed E-state index contributed by atoms with van der Waals surface area (Å²) in [7, 11) is 1.96. The van der Waals surface area contributed by atoms with Crippen LogP contribution in [-0.2, 0) is 25.4 Å². The Kier molecular flexibility index (Phi) is 7.18. The predicted octanol–water partition coefficient (Wildman–Crippen LogP) is 5.35. The number of carbonyl (C=O) groups is 1. The molecular weight excluding hydrogens is 498 g/mol. The zero-order valence-corrected chi connectivity index (χ0v) is 23.9. The fourth-order valence-electron chi connectivity index (χ4n) is 7.32. The van der Waals surface area contributed by atoms with E-state index in [1.54, 1.807) is 6.33 Å². The van der Waals surface area contributed by atoms with Crippen LogP contribution in [0.2, 0.25) is 0 Å². The van der Waals surface area contributed by atoms with Gasteiger partial charge in [0.25, 0.3) is 5.91 Å². The Bertz CT molecular complexity index is 1450. The number of amides is 1. The molecule has 2 fully saturated rings. The average Bonchev–Trinajstić information content (AvgIpc) is 3.52. The molecule has 0 unspecified atom stereocenters. The van der Waals surface area contributed by atoms with Crippen LogP contribution in [0.25, 0.3) is 0 Å². The predicted molar refractivity (Wildman–Crippen MR) is 154 cm³/mol. The van der Waals surface area contributed by atoms with Gasteiger partial charge in [-0.3, -0.25) is 9.69 Å². The number of hydrogen-bond donors (Lipinski definition) is 1. The summed E-state index contributed by atoms with van der Waals surface area (Å²) in [5.41, 5.74) is 5.74. The molecule has 2 atom stereocenters. The number of nitrogens with one attached hydrogen (secondary N) is 1. The Morgan fingerprint density at radius 2 is 2.08 bits per heavy atom. The third-order valence-corrected chi connectivity index (χ3v) is 9.38. The molecule has 1 aliphatic heterocycles. The van der Waals surface area contributed by atoms with Crippen LogP contribution in [-0.4, -0.2) is 43.6 Å². The van der Waals surface area contributed by atoms with Crippen molar-refractivity contribution in [3.05, 3.63) is 70.6 Å². The highest BCUT2D eigenvalue weighted by Gasteiger charge is 2.49. The van der Waals surface area contributed by atoms with E-state index < -0.39 is 0 Å². The number of aryl methyl sites for hydroxylation is 1. The van der Waals surface area contributed by atoms with Crippen molar-refractivity contribution in [2.24, 2.45) is 18.9 Å². The van der Waals surface area contributed by atoms with E-state index in [0.717, 1.165) is 68.1 Å². The van der Waals surface area contributed by atoms with Gasteiger partial charge in [0.1, 0.15) is 17.8 Å². The maximum absolute atomic E-state index is 13.6. The van der Waals surface area contributed by atoms with E-state index in [9.17, 15) is 10.1 Å². The molecule has 3 aromatic rings. The molecule has 1 saturated carbocycles. The highest BCUT2D eigenvalue weighted by atomic mass is 16.1. The number of hydrogen-bond acceptors (Lipinski definition) is 6. The molecule has 40 heavy (non-hydrogen) atoms. The lowest BCUT2D eigenvalue weighted by atomic mass is 9.57. The van der Waals surface area contributed by atoms with Gasteiger partial charge in [0.15, 0.2) is 0 Å². The number of pyridine rings is 1. The van der Waals surface area contributed by atoms with Gasteiger partial charge in [-0.25, -0.2) is 4.98 Å². The molecule has 3 heterocycles. The minimum Gasteiger partial charge on any atom is -0.321 e. The van der Waals surface area contributed by atoms with Gasteiger partial charge in [0, 0.05) is 37.9 Å². The standard InChI is InChI=1S/C32H39N7O/c1-21-6-5-13-39(18-21)19-24-14-28(36-29-22(2)9-10-27(24)29)30(40)35-26-8-4-7-25(15-26)32(16-23(17-32)11-12-33)31-37-34-20-38(31)3/h4,7-8,14-15,20-23H,5-6,9-11,13,16-19H2,1-3H3,(H,35,40)/t21-,22+,23?,32?/m0/s1. The van der Waals surface area contributed by atoms with Gasteiger partial charge in [0.05, 0.1) is 11.5 Å². The maximum atomic E-state index is 13.6. The van der Waals surface area contributed by atoms with Crippen LogP contribution < -0.4 is 5.32 Å². The van der Waals surface area contributed by atoms with Crippen molar-refractivity contribution in [2.45, 2.75) is 76.7 Å². The largest absolute Gasteiger partial charge is 0.321 e. The normalized spacial score (nSPS) is 26.1. The van der Waals surface area contributed by atoms with Gasteiger partial charge in [-0.05, 0) is 97.7 Å². The summed E-state index contributed by atoms with van der Waals surface area (Å²) >= 11 is 0. The van der Waals surface area contributed by atoms with Gasteiger partial charge in [-0.2, -0.15) is 5.26 Å². The topological polar surface area (TPSA) is 99.7 Å². The molecule has 8 heteroatoms. The first-order valence-corrected chi connectivity index (χ1v) is 14.7. The Balaban J connectivity index is 1.26. The van der Waals surface area contributed by atoms with Gasteiger partial charge in [-0.1, -0.05) is 26.0 Å². The van der Waals surface area contributed by atoms with E-state index in [-0.39, 0.29) is 11.3 Å². The molecule has 0 bridgehead atoms. The summed E-state index contributed by atoms with van der Waals surface area (Å²) in [6.45, 7) is 7.68. The highest BCUT2D eigenvalue weighted by molar-refractivity contribution is 6.03. The molecule has 1 saturated heterocycles. The minimum absolute atomic E-state index is 0.170. The van der Waals surface area contributed by atoms with Crippen molar-refractivity contribution in [1.82, 2.24) is 24.6 Å². The molecule has 1 aromatic carbocycles. The van der Waals surface area contributed by atoms with Gasteiger partial charge in [-0.15, -0.1) is 10.2 Å². The molecule has 1 N–H and O–H groups in total. The quantitative estimate of drug-likeness (QED) is 0.436. The van der Waals surface area contributed by atoms with Gasteiger partial charge >= 0.3 is 0 Å².